The highest BCUT2D eigenvalue weighted by atomic mass is 31.2. The summed E-state index contributed by atoms with van der Waals surface area (Å²) in [5, 5.41) is 3.02. The molecule has 0 radical (unpaired) electrons. The maximum absolute atomic E-state index is 13.5. The molecule has 0 aromatic rings. The molecule has 2 N–H and O–H groups in total. The standard InChI is InChI=1S/C69H117N2O7P/c1-7-10-13-16-19-22-25-28-30-32-33-34-35-36-37-39-41-44-47-50-53-56-59-62-69(73)78-67(60-57-54-51-48-45-42-27-24-21-18-15-12-9-3)66(65-77-79(74,75)76-64-63-71(4,5)6)70-68(72)61-58-55-52-49-46-43-40-38-31-29-26-23-20-17-14-11-8-2/h10-11,13-14,19-20,22-23,28-31,33-34,36-37,40,43,49,52,57,60,66-67H,7-9,12,15-18,21,24-27,32,35,38-39,41-42,44-48,50-51,53-56,58-59,61-65H2,1-6H3,(H-,70,72,74,75)/p+1/b13-10-,14-11-,22-19-,23-20-,30-28-,31-29-,34-33-,37-36-,43-40-,52-49-,60-57-. The molecule has 0 aromatic heterocycles. The van der Waals surface area contributed by atoms with E-state index in [0.717, 1.165) is 116 Å². The van der Waals surface area contributed by atoms with Gasteiger partial charge in [-0.3, -0.25) is 18.6 Å². The van der Waals surface area contributed by atoms with Gasteiger partial charge in [-0.1, -0.05) is 245 Å². The lowest BCUT2D eigenvalue weighted by Crippen LogP contribution is -2.47. The van der Waals surface area contributed by atoms with Crippen LogP contribution in [0.3, 0.4) is 0 Å². The third-order valence-electron chi connectivity index (χ3n) is 13.1. The van der Waals surface area contributed by atoms with Gasteiger partial charge in [0.15, 0.2) is 0 Å². The molecule has 9 nitrogen and oxygen atoms in total. The van der Waals surface area contributed by atoms with Crippen LogP contribution in [0.25, 0.3) is 0 Å². The molecule has 0 aliphatic heterocycles. The maximum Gasteiger partial charge on any atom is 0.472 e. The van der Waals surface area contributed by atoms with Crippen LogP contribution in [0.1, 0.15) is 239 Å². The minimum atomic E-state index is -4.48. The van der Waals surface area contributed by atoms with Gasteiger partial charge in [-0.25, -0.2) is 4.57 Å². The summed E-state index contributed by atoms with van der Waals surface area (Å²) < 4.78 is 30.7. The topological polar surface area (TPSA) is 111 Å². The highest BCUT2D eigenvalue weighted by Gasteiger charge is 2.30. The van der Waals surface area contributed by atoms with E-state index in [1.165, 1.54) is 77.0 Å². The van der Waals surface area contributed by atoms with Crippen LogP contribution >= 0.6 is 7.82 Å². The number of amides is 1. The molecule has 0 heterocycles. The highest BCUT2D eigenvalue weighted by Crippen LogP contribution is 2.43. The lowest BCUT2D eigenvalue weighted by atomic mass is 10.0. The molecule has 79 heavy (non-hydrogen) atoms. The van der Waals surface area contributed by atoms with E-state index in [9.17, 15) is 19.0 Å². The van der Waals surface area contributed by atoms with Gasteiger partial charge in [0.2, 0.25) is 5.91 Å². The van der Waals surface area contributed by atoms with Gasteiger partial charge in [-0.15, -0.1) is 0 Å². The molecule has 1 amide bonds. The van der Waals surface area contributed by atoms with Crippen LogP contribution < -0.4 is 5.32 Å². The predicted molar refractivity (Wildman–Crippen MR) is 341 cm³/mol. The van der Waals surface area contributed by atoms with Gasteiger partial charge in [0, 0.05) is 12.8 Å². The van der Waals surface area contributed by atoms with Gasteiger partial charge in [0.05, 0.1) is 33.8 Å². The van der Waals surface area contributed by atoms with E-state index in [0.29, 0.717) is 23.9 Å². The molecule has 0 saturated heterocycles. The Kier molecular flexibility index (Phi) is 54.6. The molecule has 0 aromatic carbocycles. The Morgan fingerprint density at radius 1 is 0.456 bits per heavy atom. The number of allylic oxidation sites excluding steroid dienone is 21. The smallest absolute Gasteiger partial charge is 0.456 e. The summed E-state index contributed by atoms with van der Waals surface area (Å²) in [6, 6.07) is -0.893. The number of carbonyl (C=O) groups is 2. The molecular formula is C69H118N2O7P+. The monoisotopic (exact) mass is 1120 g/mol. The Morgan fingerprint density at radius 3 is 1.24 bits per heavy atom. The van der Waals surface area contributed by atoms with Crippen molar-refractivity contribution in [2.45, 2.75) is 251 Å². The number of likely N-dealkylation sites (N-methyl/N-ethyl adjacent to an activating group) is 1. The lowest BCUT2D eigenvalue weighted by Gasteiger charge is -2.27. The summed E-state index contributed by atoms with van der Waals surface area (Å²) >= 11 is 0. The average Bonchev–Trinajstić information content (AvgIpc) is 3.41. The Balaban J connectivity index is 5.36. The van der Waals surface area contributed by atoms with Crippen molar-refractivity contribution in [1.29, 1.82) is 0 Å². The van der Waals surface area contributed by atoms with E-state index in [1.54, 1.807) is 0 Å². The van der Waals surface area contributed by atoms with Gasteiger partial charge >= 0.3 is 13.8 Å². The summed E-state index contributed by atoms with van der Waals surface area (Å²) in [7, 11) is 1.43. The molecule has 10 heteroatoms. The van der Waals surface area contributed by atoms with E-state index in [-0.39, 0.29) is 37.9 Å². The van der Waals surface area contributed by atoms with Crippen LogP contribution in [-0.4, -0.2) is 74.3 Å². The largest absolute Gasteiger partial charge is 0.472 e. The van der Waals surface area contributed by atoms with Gasteiger partial charge in [0.1, 0.15) is 19.3 Å². The molecule has 0 bridgehead atoms. The molecule has 0 rings (SSSR count). The number of phosphoric ester groups is 1. The summed E-state index contributed by atoms with van der Waals surface area (Å²) in [4.78, 5) is 37.7. The molecule has 0 fully saturated rings. The quantitative estimate of drug-likeness (QED) is 0.0205. The number of carbonyl (C=O) groups excluding carboxylic acids is 2. The van der Waals surface area contributed by atoms with E-state index < -0.39 is 20.0 Å². The van der Waals surface area contributed by atoms with Crippen molar-refractivity contribution in [1.82, 2.24) is 5.32 Å². The molecule has 0 aliphatic carbocycles. The van der Waals surface area contributed by atoms with Gasteiger partial charge in [-0.2, -0.15) is 0 Å². The fourth-order valence-electron chi connectivity index (χ4n) is 8.30. The Bertz CT molecular complexity index is 1810. The zero-order valence-corrected chi connectivity index (χ0v) is 52.2. The highest BCUT2D eigenvalue weighted by molar-refractivity contribution is 7.47. The van der Waals surface area contributed by atoms with Crippen molar-refractivity contribution >= 4 is 19.7 Å². The number of rotatable bonds is 55. The molecule has 3 unspecified atom stereocenters. The molecule has 450 valence electrons. The minimum absolute atomic E-state index is 0.0203. The van der Waals surface area contributed by atoms with Crippen LogP contribution in [0.2, 0.25) is 0 Å². The number of hydrogen-bond donors (Lipinski definition) is 2. The molecule has 0 spiro atoms. The van der Waals surface area contributed by atoms with Gasteiger partial charge in [0.25, 0.3) is 0 Å². The number of nitrogens with zero attached hydrogens (tertiary/aromatic N) is 1. The number of hydrogen-bond acceptors (Lipinski definition) is 6. The zero-order valence-electron chi connectivity index (χ0n) is 51.3. The van der Waals surface area contributed by atoms with E-state index in [2.05, 4.69) is 148 Å². The van der Waals surface area contributed by atoms with Gasteiger partial charge in [-0.05, 0) is 115 Å². The van der Waals surface area contributed by atoms with Crippen molar-refractivity contribution in [2.75, 3.05) is 40.9 Å². The first kappa shape index (κ1) is 75.2. The van der Waals surface area contributed by atoms with Crippen molar-refractivity contribution in [3.8, 4) is 0 Å². The van der Waals surface area contributed by atoms with Crippen LogP contribution in [0.15, 0.2) is 134 Å². The number of ether oxygens (including phenoxy) is 1. The van der Waals surface area contributed by atoms with Crippen LogP contribution in [-0.2, 0) is 27.9 Å². The fraction of sp³-hybridized carbons (Fsp3) is 0.652. The van der Waals surface area contributed by atoms with Crippen molar-refractivity contribution in [3.63, 3.8) is 0 Å². The van der Waals surface area contributed by atoms with Gasteiger partial charge < -0.3 is 19.4 Å². The first-order valence-electron chi connectivity index (χ1n) is 31.5. The van der Waals surface area contributed by atoms with E-state index in [4.69, 9.17) is 13.8 Å². The van der Waals surface area contributed by atoms with Crippen molar-refractivity contribution in [2.24, 2.45) is 0 Å². The number of phosphoric acid groups is 1. The second-order valence-corrected chi connectivity index (χ2v) is 23.3. The Hall–Kier alpha value is -3.85. The molecule has 0 aliphatic rings. The maximum atomic E-state index is 13.5. The van der Waals surface area contributed by atoms with E-state index in [1.807, 2.05) is 33.3 Å². The summed E-state index contributed by atoms with van der Waals surface area (Å²) in [5.74, 6) is -0.595. The zero-order chi connectivity index (χ0) is 57.9. The number of quaternary nitrogens is 1. The van der Waals surface area contributed by atoms with Crippen LogP contribution in [0.4, 0.5) is 0 Å². The molecular weight excluding hydrogens is 1000 g/mol. The predicted octanol–water partition coefficient (Wildman–Crippen LogP) is 19.7. The first-order chi connectivity index (χ1) is 38.4. The van der Waals surface area contributed by atoms with E-state index >= 15 is 0 Å². The molecule has 0 saturated carbocycles. The number of esters is 1. The lowest BCUT2D eigenvalue weighted by molar-refractivity contribution is -0.870. The third kappa shape index (κ3) is 58.6. The van der Waals surface area contributed by atoms with Crippen molar-refractivity contribution in [3.05, 3.63) is 134 Å². The Morgan fingerprint density at radius 2 is 0.823 bits per heavy atom. The number of unbranched alkanes of at least 4 members (excludes halogenated alkanes) is 19. The normalized spacial score (nSPS) is 14.6. The first-order valence-corrected chi connectivity index (χ1v) is 33.0. The second-order valence-electron chi connectivity index (χ2n) is 21.8. The fourth-order valence-corrected chi connectivity index (χ4v) is 9.03. The Labute approximate surface area is 485 Å². The second kappa shape index (κ2) is 57.4. The molecule has 3 atom stereocenters. The van der Waals surface area contributed by atoms with Crippen molar-refractivity contribution < 1.29 is 37.3 Å². The SMILES string of the molecule is CC/C=C\C/C=C\C/C=C\C/C=C\C/C=C\CCCCCCCCCC(=O)OC(/C=C\CCCCCCCCCCCCC)C(COP(=O)(O)OCC[N+](C)(C)C)NC(=O)CCC/C=C\C/C=C\C/C=C\C/C=C\C/C=C\CC. The summed E-state index contributed by atoms with van der Waals surface area (Å²) in [5.41, 5.74) is 0. The van der Waals surface area contributed by atoms with Crippen LogP contribution in [0, 0.1) is 0 Å². The summed E-state index contributed by atoms with van der Waals surface area (Å²) in [6.45, 7) is 6.72. The average molecular weight is 1120 g/mol. The van der Waals surface area contributed by atoms with Crippen LogP contribution in [0.5, 0.6) is 0 Å². The third-order valence-corrected chi connectivity index (χ3v) is 14.1. The minimum Gasteiger partial charge on any atom is -0.456 e. The number of nitrogens with one attached hydrogen (secondary N) is 1. The summed E-state index contributed by atoms with van der Waals surface area (Å²) in [6.07, 6.45) is 81.7.